The Morgan fingerprint density at radius 3 is 2.76 bits per heavy atom. The Balaban J connectivity index is 1.82. The number of hydrogen-bond acceptors (Lipinski definition) is 5. The maximum Gasteiger partial charge on any atom is 0.409 e. The number of morpholine rings is 1. The number of nitrogens with zero attached hydrogens (tertiary/aromatic N) is 1. The Hall–Kier alpha value is -1.66. The summed E-state index contributed by atoms with van der Waals surface area (Å²) in [7, 11) is 0. The van der Waals surface area contributed by atoms with E-state index in [4.69, 9.17) is 30.5 Å². The smallest absolute Gasteiger partial charge is 0.409 e. The van der Waals surface area contributed by atoms with Crippen LogP contribution < -0.4 is 9.47 Å². The zero-order valence-corrected chi connectivity index (χ0v) is 15.5. The van der Waals surface area contributed by atoms with Gasteiger partial charge in [-0.1, -0.05) is 19.1 Å². The number of rotatable bonds is 8. The summed E-state index contributed by atoms with van der Waals surface area (Å²) >= 11 is 5.73. The number of halogens is 1. The van der Waals surface area contributed by atoms with Gasteiger partial charge in [0, 0.05) is 18.3 Å². The van der Waals surface area contributed by atoms with Crippen LogP contribution >= 0.6 is 11.6 Å². The molecule has 0 bridgehead atoms. The summed E-state index contributed by atoms with van der Waals surface area (Å²) in [4.78, 5) is 13.8. The van der Waals surface area contributed by atoms with Crippen LogP contribution in [0.2, 0.25) is 0 Å². The maximum atomic E-state index is 12.1. The molecular formula is C18H26ClNO5. The Morgan fingerprint density at radius 2 is 2.08 bits per heavy atom. The first-order chi connectivity index (χ1) is 12.1. The van der Waals surface area contributed by atoms with E-state index in [9.17, 15) is 4.79 Å². The van der Waals surface area contributed by atoms with Gasteiger partial charge in [-0.25, -0.2) is 4.79 Å². The van der Waals surface area contributed by atoms with Gasteiger partial charge in [0.25, 0.3) is 0 Å². The van der Waals surface area contributed by atoms with Crippen molar-refractivity contribution in [2.24, 2.45) is 5.92 Å². The van der Waals surface area contributed by atoms with Gasteiger partial charge in [-0.15, -0.1) is 11.6 Å². The molecular weight excluding hydrogens is 346 g/mol. The maximum absolute atomic E-state index is 12.1. The van der Waals surface area contributed by atoms with Gasteiger partial charge < -0.3 is 23.8 Å². The van der Waals surface area contributed by atoms with E-state index >= 15 is 0 Å². The number of para-hydroxylation sites is 2. The van der Waals surface area contributed by atoms with Crippen molar-refractivity contribution < 1.29 is 23.7 Å². The molecule has 0 aliphatic carbocycles. The lowest BCUT2D eigenvalue weighted by molar-refractivity contribution is -0.0462. The Morgan fingerprint density at radius 1 is 1.36 bits per heavy atom. The van der Waals surface area contributed by atoms with Crippen molar-refractivity contribution in [1.82, 2.24) is 4.90 Å². The fourth-order valence-corrected chi connectivity index (χ4v) is 2.45. The molecule has 1 fully saturated rings. The predicted octanol–water partition coefficient (Wildman–Crippen LogP) is 3.18. The zero-order chi connectivity index (χ0) is 18.1. The summed E-state index contributed by atoms with van der Waals surface area (Å²) in [5.41, 5.74) is 0. The normalized spacial score (nSPS) is 18.5. The molecule has 7 heteroatoms. The molecule has 0 N–H and O–H groups in total. The van der Waals surface area contributed by atoms with Crippen LogP contribution in [0.25, 0.3) is 0 Å². The molecule has 0 radical (unpaired) electrons. The highest BCUT2D eigenvalue weighted by molar-refractivity contribution is 6.18. The van der Waals surface area contributed by atoms with E-state index in [1.807, 2.05) is 38.1 Å². The number of benzene rings is 1. The highest BCUT2D eigenvalue weighted by Gasteiger charge is 2.26. The number of amides is 1. The molecule has 0 spiro atoms. The number of alkyl halides is 1. The summed E-state index contributed by atoms with van der Waals surface area (Å²) in [6.45, 7) is 6.50. The fraction of sp³-hybridized carbons (Fsp3) is 0.611. The van der Waals surface area contributed by atoms with Crippen LogP contribution in [0.5, 0.6) is 11.5 Å². The summed E-state index contributed by atoms with van der Waals surface area (Å²) in [5.74, 6) is 1.98. The molecule has 2 rings (SSSR count). The third-order valence-electron chi connectivity index (χ3n) is 3.73. The first-order valence-corrected chi connectivity index (χ1v) is 9.11. The van der Waals surface area contributed by atoms with E-state index in [1.54, 1.807) is 4.90 Å². The average molecular weight is 372 g/mol. The minimum absolute atomic E-state index is 0.140. The molecule has 25 heavy (non-hydrogen) atoms. The van der Waals surface area contributed by atoms with E-state index in [1.165, 1.54) is 0 Å². The molecule has 1 aliphatic heterocycles. The standard InChI is InChI=1S/C18H26ClNO5/c1-3-22-16-6-4-5-7-17(16)24-13-15-11-20(8-9-23-15)18(21)25-12-14(2)10-19/h4-7,14-15H,3,8-13H2,1-2H3/t14-,15?/m0/s1. The van der Waals surface area contributed by atoms with E-state index in [0.29, 0.717) is 56.9 Å². The van der Waals surface area contributed by atoms with Crippen LogP contribution in [0.4, 0.5) is 4.79 Å². The lowest BCUT2D eigenvalue weighted by atomic mass is 10.2. The van der Waals surface area contributed by atoms with Gasteiger partial charge in [0.1, 0.15) is 12.7 Å². The van der Waals surface area contributed by atoms with Crippen molar-refractivity contribution in [2.45, 2.75) is 20.0 Å². The van der Waals surface area contributed by atoms with Crippen molar-refractivity contribution in [2.75, 3.05) is 45.4 Å². The van der Waals surface area contributed by atoms with Gasteiger partial charge >= 0.3 is 6.09 Å². The molecule has 1 heterocycles. The minimum atomic E-state index is -0.333. The third kappa shape index (κ3) is 6.29. The van der Waals surface area contributed by atoms with E-state index < -0.39 is 0 Å². The van der Waals surface area contributed by atoms with Crippen LogP contribution in [-0.4, -0.2) is 62.5 Å². The second kappa shape index (κ2) is 10.4. The average Bonchev–Trinajstić information content (AvgIpc) is 2.65. The Labute approximate surface area is 153 Å². The highest BCUT2D eigenvalue weighted by atomic mass is 35.5. The first-order valence-electron chi connectivity index (χ1n) is 8.58. The minimum Gasteiger partial charge on any atom is -0.490 e. The molecule has 140 valence electrons. The zero-order valence-electron chi connectivity index (χ0n) is 14.8. The molecule has 0 saturated carbocycles. The predicted molar refractivity (Wildman–Crippen MR) is 95.7 cm³/mol. The molecule has 1 aromatic rings. The lowest BCUT2D eigenvalue weighted by Gasteiger charge is -2.32. The summed E-state index contributed by atoms with van der Waals surface area (Å²) < 4.78 is 22.3. The molecule has 1 unspecified atom stereocenters. The number of hydrogen-bond donors (Lipinski definition) is 0. The van der Waals surface area contributed by atoms with Crippen molar-refractivity contribution in [3.63, 3.8) is 0 Å². The van der Waals surface area contributed by atoms with Gasteiger partial charge in [-0.05, 0) is 19.1 Å². The third-order valence-corrected chi connectivity index (χ3v) is 4.25. The van der Waals surface area contributed by atoms with Crippen molar-refractivity contribution in [3.8, 4) is 11.5 Å². The first kappa shape index (κ1) is 19.7. The van der Waals surface area contributed by atoms with Crippen LogP contribution in [0, 0.1) is 5.92 Å². The number of carbonyl (C=O) groups is 1. The monoisotopic (exact) mass is 371 g/mol. The summed E-state index contributed by atoms with van der Waals surface area (Å²) in [5, 5.41) is 0. The van der Waals surface area contributed by atoms with Gasteiger partial charge in [0.15, 0.2) is 11.5 Å². The van der Waals surface area contributed by atoms with Crippen LogP contribution in [-0.2, 0) is 9.47 Å². The molecule has 2 atom stereocenters. The van der Waals surface area contributed by atoms with Gasteiger partial charge in [0.2, 0.25) is 0 Å². The quantitative estimate of drug-likeness (QED) is 0.657. The molecule has 0 aromatic heterocycles. The number of carbonyl (C=O) groups excluding carboxylic acids is 1. The SMILES string of the molecule is CCOc1ccccc1OCC1CN(C(=O)OC[C@@H](C)CCl)CCO1. The second-order valence-electron chi connectivity index (χ2n) is 5.97. The van der Waals surface area contributed by atoms with Crippen molar-refractivity contribution in [3.05, 3.63) is 24.3 Å². The fourth-order valence-electron chi connectivity index (χ4n) is 2.36. The largest absolute Gasteiger partial charge is 0.490 e. The molecule has 1 aliphatic rings. The van der Waals surface area contributed by atoms with Crippen LogP contribution in [0.15, 0.2) is 24.3 Å². The highest BCUT2D eigenvalue weighted by Crippen LogP contribution is 2.26. The van der Waals surface area contributed by atoms with Crippen molar-refractivity contribution in [1.29, 1.82) is 0 Å². The molecule has 6 nitrogen and oxygen atoms in total. The summed E-state index contributed by atoms with van der Waals surface area (Å²) in [6.07, 6.45) is -0.540. The van der Waals surface area contributed by atoms with Crippen molar-refractivity contribution >= 4 is 17.7 Å². The Bertz CT molecular complexity index is 542. The van der Waals surface area contributed by atoms with Gasteiger partial charge in [-0.3, -0.25) is 0 Å². The second-order valence-corrected chi connectivity index (χ2v) is 6.27. The number of ether oxygens (including phenoxy) is 4. The molecule has 1 saturated heterocycles. The summed E-state index contributed by atoms with van der Waals surface area (Å²) in [6, 6.07) is 7.51. The van der Waals surface area contributed by atoms with E-state index in [-0.39, 0.29) is 18.1 Å². The lowest BCUT2D eigenvalue weighted by Crippen LogP contribution is -2.48. The molecule has 1 aromatic carbocycles. The van der Waals surface area contributed by atoms with E-state index in [0.717, 1.165) is 0 Å². The Kier molecular flexibility index (Phi) is 8.15. The molecule has 1 amide bonds. The van der Waals surface area contributed by atoms with Crippen LogP contribution in [0.1, 0.15) is 13.8 Å². The van der Waals surface area contributed by atoms with Gasteiger partial charge in [-0.2, -0.15) is 0 Å². The van der Waals surface area contributed by atoms with Crippen LogP contribution in [0.3, 0.4) is 0 Å². The topological polar surface area (TPSA) is 57.2 Å². The van der Waals surface area contributed by atoms with E-state index in [2.05, 4.69) is 0 Å². The van der Waals surface area contributed by atoms with Gasteiger partial charge in [0.05, 0.1) is 26.4 Å².